The number of anilines is 2. The van der Waals surface area contributed by atoms with Gasteiger partial charge < -0.3 is 10.5 Å². The zero-order valence-corrected chi connectivity index (χ0v) is 11.6. The highest BCUT2D eigenvalue weighted by Crippen LogP contribution is 2.38. The number of nitrogens with two attached hydrogens (primary N) is 1. The maximum atomic E-state index is 13.1. The van der Waals surface area contributed by atoms with E-state index < -0.39 is 11.7 Å². The highest BCUT2D eigenvalue weighted by atomic mass is 32.1. The van der Waals surface area contributed by atoms with Crippen LogP contribution in [-0.2, 0) is 6.18 Å². The molecule has 0 aliphatic rings. The number of halogens is 3. The van der Waals surface area contributed by atoms with Crippen LogP contribution >= 0.6 is 11.3 Å². The van der Waals surface area contributed by atoms with Crippen molar-refractivity contribution in [2.24, 2.45) is 5.10 Å². The Bertz CT molecular complexity index is 654. The smallest absolute Gasteiger partial charge is 0.420 e. The molecule has 1 aromatic carbocycles. The largest absolute Gasteiger partial charge is 0.496 e. The lowest BCUT2D eigenvalue weighted by atomic mass is 10.1. The van der Waals surface area contributed by atoms with Crippen LogP contribution in [0.5, 0.6) is 5.75 Å². The molecule has 0 saturated heterocycles. The van der Waals surface area contributed by atoms with Gasteiger partial charge in [0.1, 0.15) is 17.1 Å². The molecule has 21 heavy (non-hydrogen) atoms. The van der Waals surface area contributed by atoms with Crippen LogP contribution in [0.15, 0.2) is 28.7 Å². The number of hydrogen-bond donors (Lipinski definition) is 2. The van der Waals surface area contributed by atoms with Gasteiger partial charge in [0.2, 0.25) is 5.13 Å². The van der Waals surface area contributed by atoms with Crippen molar-refractivity contribution in [2.45, 2.75) is 6.18 Å². The Balaban J connectivity index is 2.27. The second-order valence-corrected chi connectivity index (χ2v) is 4.73. The fourth-order valence-corrected chi connectivity index (χ4v) is 2.17. The Morgan fingerprint density at radius 2 is 2.19 bits per heavy atom. The predicted octanol–water partition coefficient (Wildman–Crippen LogP) is 3.20. The summed E-state index contributed by atoms with van der Waals surface area (Å²) in [5, 5.41) is 5.71. The van der Waals surface area contributed by atoms with Gasteiger partial charge in [-0.25, -0.2) is 4.98 Å². The number of benzene rings is 1. The number of rotatable bonds is 4. The fourth-order valence-electron chi connectivity index (χ4n) is 1.62. The molecule has 0 amide bonds. The van der Waals surface area contributed by atoms with E-state index in [-0.39, 0.29) is 11.3 Å². The minimum absolute atomic E-state index is 0.112. The average Bonchev–Trinajstić information content (AvgIpc) is 2.83. The van der Waals surface area contributed by atoms with Crippen LogP contribution in [0.25, 0.3) is 0 Å². The van der Waals surface area contributed by atoms with Crippen molar-refractivity contribution in [3.63, 3.8) is 0 Å². The van der Waals surface area contributed by atoms with Crippen LogP contribution < -0.4 is 15.9 Å². The number of ether oxygens (including phenoxy) is 1. The maximum absolute atomic E-state index is 13.1. The van der Waals surface area contributed by atoms with Crippen LogP contribution in [0, 0.1) is 0 Å². The molecule has 0 unspecified atom stereocenters. The molecule has 2 rings (SSSR count). The van der Waals surface area contributed by atoms with E-state index in [1.165, 1.54) is 36.6 Å². The van der Waals surface area contributed by atoms with Crippen LogP contribution in [-0.4, -0.2) is 18.3 Å². The summed E-state index contributed by atoms with van der Waals surface area (Å²) in [6.07, 6.45) is -3.48. The van der Waals surface area contributed by atoms with E-state index in [0.717, 1.165) is 6.21 Å². The molecule has 112 valence electrons. The van der Waals surface area contributed by atoms with Crippen molar-refractivity contribution < 1.29 is 17.9 Å². The number of methoxy groups -OCH3 is 1. The summed E-state index contributed by atoms with van der Waals surface area (Å²) in [6, 6.07) is 4.00. The third kappa shape index (κ3) is 3.63. The number of hydrazone groups is 1. The normalized spacial score (nSPS) is 11.8. The Morgan fingerprint density at radius 3 is 2.76 bits per heavy atom. The summed E-state index contributed by atoms with van der Waals surface area (Å²) in [4.78, 5) is 3.87. The van der Waals surface area contributed by atoms with E-state index in [1.54, 1.807) is 5.38 Å². The molecule has 0 aliphatic carbocycles. The Kier molecular flexibility index (Phi) is 4.32. The van der Waals surface area contributed by atoms with Crippen molar-refractivity contribution in [1.82, 2.24) is 4.98 Å². The van der Waals surface area contributed by atoms with Gasteiger partial charge in [0, 0.05) is 10.9 Å². The van der Waals surface area contributed by atoms with Gasteiger partial charge in [0.15, 0.2) is 0 Å². The summed E-state index contributed by atoms with van der Waals surface area (Å²) < 4.78 is 43.9. The van der Waals surface area contributed by atoms with Gasteiger partial charge in [0.05, 0.1) is 13.3 Å². The third-order valence-electron chi connectivity index (χ3n) is 2.45. The molecule has 0 atom stereocenters. The molecule has 0 spiro atoms. The Morgan fingerprint density at radius 1 is 1.43 bits per heavy atom. The summed E-state index contributed by atoms with van der Waals surface area (Å²) >= 11 is 1.19. The van der Waals surface area contributed by atoms with E-state index in [2.05, 4.69) is 15.5 Å². The van der Waals surface area contributed by atoms with E-state index >= 15 is 0 Å². The molecule has 5 nitrogen and oxygen atoms in total. The summed E-state index contributed by atoms with van der Waals surface area (Å²) in [6.45, 7) is 0. The topological polar surface area (TPSA) is 72.5 Å². The van der Waals surface area contributed by atoms with Crippen LogP contribution in [0.4, 0.5) is 24.1 Å². The molecule has 0 saturated carbocycles. The quantitative estimate of drug-likeness (QED) is 0.671. The second-order valence-electron chi connectivity index (χ2n) is 3.87. The van der Waals surface area contributed by atoms with E-state index in [1.807, 2.05) is 0 Å². The molecule has 2 aromatic rings. The van der Waals surface area contributed by atoms with E-state index in [0.29, 0.717) is 10.9 Å². The summed E-state index contributed by atoms with van der Waals surface area (Å²) in [5.41, 5.74) is 6.95. The minimum Gasteiger partial charge on any atom is -0.496 e. The highest BCUT2D eigenvalue weighted by Gasteiger charge is 2.36. The predicted molar refractivity (Wildman–Crippen MR) is 75.7 cm³/mol. The number of hydrogen-bond acceptors (Lipinski definition) is 6. The molecule has 1 aromatic heterocycles. The second kappa shape index (κ2) is 6.00. The monoisotopic (exact) mass is 316 g/mol. The Hall–Kier alpha value is -2.29. The fraction of sp³-hybridized carbons (Fsp3) is 0.167. The van der Waals surface area contributed by atoms with E-state index in [9.17, 15) is 13.2 Å². The van der Waals surface area contributed by atoms with Gasteiger partial charge in [-0.3, -0.25) is 5.43 Å². The first-order valence-electron chi connectivity index (χ1n) is 5.66. The zero-order valence-electron chi connectivity index (χ0n) is 10.8. The van der Waals surface area contributed by atoms with Crippen molar-refractivity contribution in [2.75, 3.05) is 18.3 Å². The molecule has 0 radical (unpaired) electrons. The zero-order chi connectivity index (χ0) is 15.5. The third-order valence-corrected chi connectivity index (χ3v) is 3.21. The van der Waals surface area contributed by atoms with Crippen LogP contribution in [0.3, 0.4) is 0 Å². The van der Waals surface area contributed by atoms with Crippen molar-refractivity contribution in [3.8, 4) is 5.75 Å². The molecular formula is C12H11F3N4OS. The number of nitrogens with zero attached hydrogens (tertiary/aromatic N) is 2. The first-order valence-corrected chi connectivity index (χ1v) is 6.54. The van der Waals surface area contributed by atoms with Gasteiger partial charge in [-0.05, 0) is 6.07 Å². The van der Waals surface area contributed by atoms with Gasteiger partial charge in [-0.1, -0.05) is 12.1 Å². The van der Waals surface area contributed by atoms with Crippen LogP contribution in [0.1, 0.15) is 11.1 Å². The summed E-state index contributed by atoms with van der Waals surface area (Å²) in [5.74, 6) is 0.0556. The van der Waals surface area contributed by atoms with Crippen LogP contribution in [0.2, 0.25) is 0 Å². The SMILES string of the molecule is COc1cccc(C=NNc2nc(N)cs2)c1C(F)(F)F. The van der Waals surface area contributed by atoms with Gasteiger partial charge in [0.25, 0.3) is 0 Å². The number of thiazole rings is 1. The highest BCUT2D eigenvalue weighted by molar-refractivity contribution is 7.14. The molecule has 1 heterocycles. The molecule has 0 bridgehead atoms. The first-order chi connectivity index (χ1) is 9.91. The number of nitrogens with one attached hydrogen (secondary N) is 1. The maximum Gasteiger partial charge on any atom is 0.420 e. The van der Waals surface area contributed by atoms with Gasteiger partial charge in [-0.2, -0.15) is 18.3 Å². The molecule has 0 aliphatic heterocycles. The lowest BCUT2D eigenvalue weighted by Crippen LogP contribution is -2.11. The standard InChI is InChI=1S/C12H11F3N4OS/c1-20-8-4-2-3-7(10(8)12(13,14)15)5-17-19-11-18-9(16)6-21-11/h2-6H,16H2,1H3,(H,18,19). The molecule has 3 N–H and O–H groups in total. The molecule has 9 heteroatoms. The van der Waals surface area contributed by atoms with E-state index in [4.69, 9.17) is 10.5 Å². The number of alkyl halides is 3. The first kappa shape index (κ1) is 15.1. The minimum atomic E-state index is -4.54. The van der Waals surface area contributed by atoms with Crippen molar-refractivity contribution in [3.05, 3.63) is 34.7 Å². The van der Waals surface area contributed by atoms with Gasteiger partial charge >= 0.3 is 6.18 Å². The number of aromatic nitrogens is 1. The number of nitrogen functional groups attached to an aromatic ring is 1. The van der Waals surface area contributed by atoms with Crippen molar-refractivity contribution in [1.29, 1.82) is 0 Å². The lowest BCUT2D eigenvalue weighted by Gasteiger charge is -2.14. The summed E-state index contributed by atoms with van der Waals surface area (Å²) in [7, 11) is 1.18. The van der Waals surface area contributed by atoms with Crippen molar-refractivity contribution >= 4 is 28.5 Å². The lowest BCUT2D eigenvalue weighted by molar-refractivity contribution is -0.138. The molecule has 0 fully saturated rings. The Labute approximate surface area is 122 Å². The van der Waals surface area contributed by atoms with Gasteiger partial charge in [-0.15, -0.1) is 11.3 Å². The molecular weight excluding hydrogens is 305 g/mol. The average molecular weight is 316 g/mol.